The quantitative estimate of drug-likeness (QED) is 0.431. The van der Waals surface area contributed by atoms with Crippen LogP contribution < -0.4 is 5.32 Å². The molecule has 0 radical (unpaired) electrons. The summed E-state index contributed by atoms with van der Waals surface area (Å²) in [6, 6.07) is 9.95. The van der Waals surface area contributed by atoms with Crippen molar-refractivity contribution in [3.05, 3.63) is 46.7 Å². The molecular weight excluding hydrogens is 356 g/mol. The molecule has 5 heteroatoms. The molecule has 3 aromatic rings. The van der Waals surface area contributed by atoms with Crippen LogP contribution in [0.25, 0.3) is 16.8 Å². The average Bonchev–Trinajstić information content (AvgIpc) is 2.97. The second-order valence-corrected chi connectivity index (χ2v) is 7.62. The molecule has 1 aromatic carbocycles. The summed E-state index contributed by atoms with van der Waals surface area (Å²) in [5.74, 6) is 1.01. The summed E-state index contributed by atoms with van der Waals surface area (Å²) in [7, 11) is 0. The predicted molar refractivity (Wildman–Crippen MR) is 115 cm³/mol. The number of benzene rings is 1. The first-order chi connectivity index (χ1) is 13.1. The number of fused-ring (bicyclic) bond motifs is 1. The molecule has 0 aliphatic rings. The van der Waals surface area contributed by atoms with Gasteiger partial charge in [0.05, 0.1) is 5.69 Å². The zero-order valence-corrected chi connectivity index (χ0v) is 17.3. The van der Waals surface area contributed by atoms with Crippen molar-refractivity contribution in [1.82, 2.24) is 14.6 Å². The first-order valence-corrected chi connectivity index (χ1v) is 10.3. The van der Waals surface area contributed by atoms with Crippen molar-refractivity contribution in [3.8, 4) is 11.1 Å². The Balaban J connectivity index is 1.79. The number of nitrogens with one attached hydrogen (secondary N) is 1. The topological polar surface area (TPSA) is 42.2 Å². The van der Waals surface area contributed by atoms with E-state index in [-0.39, 0.29) is 0 Å². The molecule has 0 saturated heterocycles. The van der Waals surface area contributed by atoms with Crippen LogP contribution in [0.4, 0.5) is 5.82 Å². The van der Waals surface area contributed by atoms with Gasteiger partial charge >= 0.3 is 0 Å². The van der Waals surface area contributed by atoms with Gasteiger partial charge in [-0.15, -0.1) is 0 Å². The zero-order chi connectivity index (χ0) is 19.2. The van der Waals surface area contributed by atoms with Gasteiger partial charge in [-0.1, -0.05) is 62.8 Å². The summed E-state index contributed by atoms with van der Waals surface area (Å²) in [5.41, 5.74) is 5.01. The van der Waals surface area contributed by atoms with Crippen LogP contribution in [0, 0.1) is 13.8 Å². The molecule has 0 aliphatic carbocycles. The van der Waals surface area contributed by atoms with Gasteiger partial charge < -0.3 is 5.32 Å². The zero-order valence-electron chi connectivity index (χ0n) is 16.6. The van der Waals surface area contributed by atoms with Gasteiger partial charge in [-0.3, -0.25) is 0 Å². The van der Waals surface area contributed by atoms with E-state index in [4.69, 9.17) is 21.7 Å². The Hall–Kier alpha value is -2.07. The molecule has 0 fully saturated rings. The first-order valence-electron chi connectivity index (χ1n) is 9.97. The SMILES string of the molecule is CCCCCCCCNc1cc(C)nc2c(-c3ccc(Cl)cc3)c(C)nn12. The lowest BCUT2D eigenvalue weighted by Gasteiger charge is -2.10. The molecule has 4 nitrogen and oxygen atoms in total. The molecule has 3 rings (SSSR count). The van der Waals surface area contributed by atoms with Crippen LogP contribution in [0.5, 0.6) is 0 Å². The van der Waals surface area contributed by atoms with Gasteiger partial charge in [0.15, 0.2) is 5.65 Å². The van der Waals surface area contributed by atoms with Crippen LogP contribution in [0.3, 0.4) is 0 Å². The third-order valence-corrected chi connectivity index (χ3v) is 5.11. The second-order valence-electron chi connectivity index (χ2n) is 7.18. The van der Waals surface area contributed by atoms with Crippen molar-refractivity contribution in [3.63, 3.8) is 0 Å². The number of anilines is 1. The van der Waals surface area contributed by atoms with Crippen molar-refractivity contribution in [2.75, 3.05) is 11.9 Å². The summed E-state index contributed by atoms with van der Waals surface area (Å²) in [6.45, 7) is 7.28. The lowest BCUT2D eigenvalue weighted by atomic mass is 10.1. The van der Waals surface area contributed by atoms with E-state index in [0.717, 1.165) is 45.5 Å². The third-order valence-electron chi connectivity index (χ3n) is 4.86. The number of halogens is 1. The van der Waals surface area contributed by atoms with Crippen molar-refractivity contribution in [1.29, 1.82) is 0 Å². The predicted octanol–water partition coefficient (Wildman–Crippen LogP) is 6.44. The number of hydrogen-bond donors (Lipinski definition) is 1. The van der Waals surface area contributed by atoms with Crippen LogP contribution in [0.2, 0.25) is 5.02 Å². The molecule has 2 heterocycles. The van der Waals surface area contributed by atoms with Crippen molar-refractivity contribution < 1.29 is 0 Å². The lowest BCUT2D eigenvalue weighted by molar-refractivity contribution is 0.616. The molecule has 0 atom stereocenters. The van der Waals surface area contributed by atoms with Crippen LogP contribution in [-0.4, -0.2) is 21.1 Å². The van der Waals surface area contributed by atoms with E-state index in [1.165, 1.54) is 38.5 Å². The number of hydrogen-bond acceptors (Lipinski definition) is 3. The highest BCUT2D eigenvalue weighted by Crippen LogP contribution is 2.30. The molecule has 0 unspecified atom stereocenters. The Labute approximate surface area is 167 Å². The van der Waals surface area contributed by atoms with Gasteiger partial charge in [0, 0.05) is 28.9 Å². The summed E-state index contributed by atoms with van der Waals surface area (Å²) < 4.78 is 1.93. The third kappa shape index (κ3) is 4.81. The van der Waals surface area contributed by atoms with Crippen LogP contribution in [-0.2, 0) is 0 Å². The van der Waals surface area contributed by atoms with Gasteiger partial charge in [-0.25, -0.2) is 4.98 Å². The molecule has 0 spiro atoms. The molecule has 0 saturated carbocycles. The number of rotatable bonds is 9. The van der Waals surface area contributed by atoms with Gasteiger partial charge in [-0.2, -0.15) is 9.61 Å². The minimum absolute atomic E-state index is 0.735. The highest BCUT2D eigenvalue weighted by molar-refractivity contribution is 6.30. The molecular formula is C22H29ClN4. The molecule has 0 aliphatic heterocycles. The average molecular weight is 385 g/mol. The van der Waals surface area contributed by atoms with E-state index >= 15 is 0 Å². The Morgan fingerprint density at radius 1 is 1.00 bits per heavy atom. The minimum atomic E-state index is 0.735. The standard InChI is InChI=1S/C22H29ClN4/c1-4-5-6-7-8-9-14-24-20-15-16(2)25-22-21(17(3)26-27(20)22)18-10-12-19(23)13-11-18/h10-13,15,24H,4-9,14H2,1-3H3. The lowest BCUT2D eigenvalue weighted by Crippen LogP contribution is -2.08. The van der Waals surface area contributed by atoms with Gasteiger partial charge in [0.25, 0.3) is 0 Å². The van der Waals surface area contributed by atoms with Crippen molar-refractivity contribution in [2.24, 2.45) is 0 Å². The minimum Gasteiger partial charge on any atom is -0.370 e. The Morgan fingerprint density at radius 2 is 1.70 bits per heavy atom. The molecule has 1 N–H and O–H groups in total. The van der Waals surface area contributed by atoms with Gasteiger partial charge in [-0.05, 0) is 38.0 Å². The smallest absolute Gasteiger partial charge is 0.165 e. The fourth-order valence-corrected chi connectivity index (χ4v) is 3.57. The number of unbranched alkanes of at least 4 members (excludes halogenated alkanes) is 5. The van der Waals surface area contributed by atoms with Crippen molar-refractivity contribution in [2.45, 2.75) is 59.3 Å². The first kappa shape index (κ1) is 19.7. The fraction of sp³-hybridized carbons (Fsp3) is 0.455. The molecule has 0 amide bonds. The summed E-state index contributed by atoms with van der Waals surface area (Å²) in [6.07, 6.45) is 7.75. The van der Waals surface area contributed by atoms with E-state index in [2.05, 4.69) is 18.3 Å². The largest absolute Gasteiger partial charge is 0.370 e. The van der Waals surface area contributed by atoms with Crippen LogP contribution in [0.15, 0.2) is 30.3 Å². The van der Waals surface area contributed by atoms with E-state index in [9.17, 15) is 0 Å². The maximum absolute atomic E-state index is 6.05. The maximum Gasteiger partial charge on any atom is 0.165 e. The van der Waals surface area contributed by atoms with Crippen molar-refractivity contribution >= 4 is 23.1 Å². The van der Waals surface area contributed by atoms with Gasteiger partial charge in [0.1, 0.15) is 5.82 Å². The second kappa shape index (κ2) is 9.23. The Morgan fingerprint density at radius 3 is 2.44 bits per heavy atom. The van der Waals surface area contributed by atoms with E-state index in [1.54, 1.807) is 0 Å². The van der Waals surface area contributed by atoms with Crippen LogP contribution in [0.1, 0.15) is 56.8 Å². The molecule has 27 heavy (non-hydrogen) atoms. The summed E-state index contributed by atoms with van der Waals surface area (Å²) >= 11 is 6.05. The molecule has 2 aromatic heterocycles. The normalized spacial score (nSPS) is 11.3. The highest BCUT2D eigenvalue weighted by atomic mass is 35.5. The molecule has 0 bridgehead atoms. The summed E-state index contributed by atoms with van der Waals surface area (Å²) in [4.78, 5) is 4.76. The highest BCUT2D eigenvalue weighted by Gasteiger charge is 2.15. The Bertz CT molecular complexity index is 883. The molecule has 144 valence electrons. The van der Waals surface area contributed by atoms with E-state index < -0.39 is 0 Å². The maximum atomic E-state index is 6.05. The summed E-state index contributed by atoms with van der Waals surface area (Å²) in [5, 5.41) is 9.05. The monoisotopic (exact) mass is 384 g/mol. The van der Waals surface area contributed by atoms with Gasteiger partial charge in [0.2, 0.25) is 0 Å². The number of aromatic nitrogens is 3. The van der Waals surface area contributed by atoms with Crippen LogP contribution >= 0.6 is 11.6 Å². The number of aryl methyl sites for hydroxylation is 2. The fourth-order valence-electron chi connectivity index (χ4n) is 3.45. The number of nitrogens with zero attached hydrogens (tertiary/aromatic N) is 3. The Kier molecular flexibility index (Phi) is 6.73. The van der Waals surface area contributed by atoms with E-state index in [1.807, 2.05) is 42.6 Å². The van der Waals surface area contributed by atoms with E-state index in [0.29, 0.717) is 0 Å².